The van der Waals surface area contributed by atoms with Crippen molar-refractivity contribution in [1.29, 1.82) is 0 Å². The molecule has 88 valence electrons. The van der Waals surface area contributed by atoms with Gasteiger partial charge >= 0.3 is 5.97 Å². The summed E-state index contributed by atoms with van der Waals surface area (Å²) in [5, 5.41) is 9.10. The minimum atomic E-state index is -0.464. The zero-order valence-corrected chi connectivity index (χ0v) is 9.79. The molecule has 0 saturated heterocycles. The quantitative estimate of drug-likeness (QED) is 0.444. The van der Waals surface area contributed by atoms with E-state index in [1.807, 2.05) is 13.8 Å². The zero-order valence-electron chi connectivity index (χ0n) is 9.79. The number of hydrogen-bond donors (Lipinski definition) is 1. The molecule has 0 spiro atoms. The Kier molecular flexibility index (Phi) is 3.90. The van der Waals surface area contributed by atoms with E-state index in [9.17, 15) is 4.79 Å². The maximum atomic E-state index is 11.3. The Morgan fingerprint density at radius 2 is 2.19 bits per heavy atom. The van der Waals surface area contributed by atoms with E-state index in [1.54, 1.807) is 7.11 Å². The predicted molar refractivity (Wildman–Crippen MR) is 59.6 cm³/mol. The van der Waals surface area contributed by atoms with Gasteiger partial charge in [0.2, 0.25) is 0 Å². The summed E-state index contributed by atoms with van der Waals surface area (Å²) in [4.78, 5) is 11.3. The zero-order chi connectivity index (χ0) is 12.3. The molecule has 0 bridgehead atoms. The number of carbonyl (C=O) groups is 1. The molecule has 1 aliphatic heterocycles. The van der Waals surface area contributed by atoms with Gasteiger partial charge in [-0.25, -0.2) is 4.79 Å². The number of esters is 1. The molecule has 1 N–H and O–H groups in total. The molecule has 0 fully saturated rings. The third-order valence-electron chi connectivity index (χ3n) is 2.50. The van der Waals surface area contributed by atoms with Gasteiger partial charge in [-0.15, -0.1) is 0 Å². The summed E-state index contributed by atoms with van der Waals surface area (Å²) in [6.07, 6.45) is 0. The van der Waals surface area contributed by atoms with E-state index >= 15 is 0 Å². The van der Waals surface area contributed by atoms with Crippen LogP contribution in [0.25, 0.3) is 0 Å². The van der Waals surface area contributed by atoms with Crippen LogP contribution >= 0.6 is 0 Å². The average Bonchev–Trinajstić information content (AvgIpc) is 2.59. The van der Waals surface area contributed by atoms with Gasteiger partial charge < -0.3 is 14.6 Å². The second-order valence-electron chi connectivity index (χ2n) is 3.63. The molecule has 0 aromatic carbocycles. The second-order valence-corrected chi connectivity index (χ2v) is 3.63. The van der Waals surface area contributed by atoms with E-state index < -0.39 is 5.97 Å². The van der Waals surface area contributed by atoms with Crippen molar-refractivity contribution in [3.63, 3.8) is 0 Å². The molecule has 0 saturated carbocycles. The molecule has 0 aromatic rings. The van der Waals surface area contributed by atoms with Crippen LogP contribution in [0.15, 0.2) is 34.6 Å². The number of aliphatic hydroxyl groups is 1. The molecule has 0 aliphatic carbocycles. The van der Waals surface area contributed by atoms with Crippen LogP contribution in [0.2, 0.25) is 0 Å². The smallest absolute Gasteiger partial charge is 0.337 e. The first-order valence-corrected chi connectivity index (χ1v) is 4.94. The van der Waals surface area contributed by atoms with Crippen LogP contribution in [0.5, 0.6) is 0 Å². The van der Waals surface area contributed by atoms with Crippen molar-refractivity contribution in [2.75, 3.05) is 20.3 Å². The highest BCUT2D eigenvalue weighted by Gasteiger charge is 2.26. The Bertz CT molecular complexity index is 388. The molecule has 0 amide bonds. The Morgan fingerprint density at radius 1 is 1.56 bits per heavy atom. The molecule has 1 rings (SSSR count). The van der Waals surface area contributed by atoms with E-state index in [2.05, 4.69) is 6.58 Å². The van der Waals surface area contributed by atoms with Crippen LogP contribution in [0.3, 0.4) is 0 Å². The fourth-order valence-corrected chi connectivity index (χ4v) is 1.71. The van der Waals surface area contributed by atoms with Crippen molar-refractivity contribution in [2.45, 2.75) is 13.8 Å². The lowest BCUT2D eigenvalue weighted by Crippen LogP contribution is -2.04. The summed E-state index contributed by atoms with van der Waals surface area (Å²) < 4.78 is 10.1. The topological polar surface area (TPSA) is 55.8 Å². The molecule has 1 aliphatic rings. The molecular formula is C12H16O4. The molecular weight excluding hydrogens is 208 g/mol. The van der Waals surface area contributed by atoms with Crippen molar-refractivity contribution in [3.05, 3.63) is 34.6 Å². The summed E-state index contributed by atoms with van der Waals surface area (Å²) in [6, 6.07) is 0. The lowest BCUT2D eigenvalue weighted by Gasteiger charge is -2.11. The van der Waals surface area contributed by atoms with Crippen molar-refractivity contribution >= 4 is 5.97 Å². The third kappa shape index (κ3) is 2.17. The van der Waals surface area contributed by atoms with E-state index in [1.165, 1.54) is 0 Å². The lowest BCUT2D eigenvalue weighted by atomic mass is 10.0. The fraction of sp³-hybridized carbons (Fsp3) is 0.417. The van der Waals surface area contributed by atoms with Gasteiger partial charge in [-0.1, -0.05) is 6.58 Å². The second kappa shape index (κ2) is 4.99. The first-order chi connectivity index (χ1) is 7.52. The first kappa shape index (κ1) is 12.5. The number of hydrogen-bond acceptors (Lipinski definition) is 4. The SMILES string of the molecule is C=C(C)/C(OC)=C(/C)C1=C(CO)C(=O)OC1. The summed E-state index contributed by atoms with van der Waals surface area (Å²) in [5.74, 6) is 0.160. The van der Waals surface area contributed by atoms with Gasteiger partial charge in [-0.3, -0.25) is 0 Å². The van der Waals surface area contributed by atoms with Crippen LogP contribution in [0.1, 0.15) is 13.8 Å². The summed E-state index contributed by atoms with van der Waals surface area (Å²) in [6.45, 7) is 7.29. The molecule has 4 heteroatoms. The summed E-state index contributed by atoms with van der Waals surface area (Å²) in [5.41, 5.74) is 2.54. The number of methoxy groups -OCH3 is 1. The highest BCUT2D eigenvalue weighted by atomic mass is 16.5. The number of cyclic esters (lactones) is 1. The number of aliphatic hydroxyl groups excluding tert-OH is 1. The normalized spacial score (nSPS) is 17.1. The molecule has 16 heavy (non-hydrogen) atoms. The van der Waals surface area contributed by atoms with Crippen LogP contribution < -0.4 is 0 Å². The largest absolute Gasteiger partial charge is 0.496 e. The monoisotopic (exact) mass is 224 g/mol. The number of carbonyl (C=O) groups excluding carboxylic acids is 1. The Labute approximate surface area is 94.9 Å². The summed E-state index contributed by atoms with van der Waals surface area (Å²) in [7, 11) is 1.55. The number of ether oxygens (including phenoxy) is 2. The maximum absolute atomic E-state index is 11.3. The van der Waals surface area contributed by atoms with Gasteiger partial charge in [0.1, 0.15) is 12.4 Å². The van der Waals surface area contributed by atoms with Gasteiger partial charge in [-0.05, 0) is 25.0 Å². The lowest BCUT2D eigenvalue weighted by molar-refractivity contribution is -0.136. The highest BCUT2D eigenvalue weighted by Crippen LogP contribution is 2.27. The van der Waals surface area contributed by atoms with E-state index in [-0.39, 0.29) is 13.2 Å². The predicted octanol–water partition coefficient (Wildman–Crippen LogP) is 1.33. The Hall–Kier alpha value is -1.55. The van der Waals surface area contributed by atoms with E-state index in [4.69, 9.17) is 14.6 Å². The third-order valence-corrected chi connectivity index (χ3v) is 2.50. The molecule has 1 heterocycles. The number of rotatable bonds is 4. The molecule has 0 unspecified atom stereocenters. The van der Waals surface area contributed by atoms with Gasteiger partial charge in [0, 0.05) is 5.57 Å². The molecule has 0 atom stereocenters. The molecule has 4 nitrogen and oxygen atoms in total. The van der Waals surface area contributed by atoms with Crippen molar-refractivity contribution in [3.8, 4) is 0 Å². The van der Waals surface area contributed by atoms with Crippen molar-refractivity contribution < 1.29 is 19.4 Å². The minimum absolute atomic E-state index is 0.181. The Balaban J connectivity index is 3.23. The highest BCUT2D eigenvalue weighted by molar-refractivity contribution is 5.93. The summed E-state index contributed by atoms with van der Waals surface area (Å²) >= 11 is 0. The number of allylic oxidation sites excluding steroid dienone is 1. The molecule has 0 radical (unpaired) electrons. The molecule has 0 aromatic heterocycles. The van der Waals surface area contributed by atoms with Gasteiger partial charge in [0.25, 0.3) is 0 Å². The van der Waals surface area contributed by atoms with Crippen molar-refractivity contribution in [1.82, 2.24) is 0 Å². The van der Waals surface area contributed by atoms with Crippen LogP contribution in [-0.4, -0.2) is 31.4 Å². The standard InChI is InChI=1S/C12H16O4/c1-7(2)11(15-4)8(3)10-6-16-12(14)9(10)5-13/h13H,1,5-6H2,2-4H3/b11-8+. The van der Waals surface area contributed by atoms with Crippen LogP contribution in [0, 0.1) is 0 Å². The van der Waals surface area contributed by atoms with Crippen molar-refractivity contribution in [2.24, 2.45) is 0 Å². The first-order valence-electron chi connectivity index (χ1n) is 4.94. The van der Waals surface area contributed by atoms with Gasteiger partial charge in [0.15, 0.2) is 0 Å². The fourth-order valence-electron chi connectivity index (χ4n) is 1.71. The average molecular weight is 224 g/mol. The minimum Gasteiger partial charge on any atom is -0.496 e. The Morgan fingerprint density at radius 3 is 2.62 bits per heavy atom. The van der Waals surface area contributed by atoms with Gasteiger partial charge in [0.05, 0.1) is 19.3 Å². The van der Waals surface area contributed by atoms with Crippen LogP contribution in [0.4, 0.5) is 0 Å². The maximum Gasteiger partial charge on any atom is 0.337 e. The van der Waals surface area contributed by atoms with E-state index in [0.29, 0.717) is 16.9 Å². The van der Waals surface area contributed by atoms with Gasteiger partial charge in [-0.2, -0.15) is 0 Å². The van der Waals surface area contributed by atoms with E-state index in [0.717, 1.165) is 11.1 Å². The van der Waals surface area contributed by atoms with Crippen LogP contribution in [-0.2, 0) is 14.3 Å².